The molecule has 0 atom stereocenters. The van der Waals surface area contributed by atoms with Gasteiger partial charge in [0.25, 0.3) is 0 Å². The number of carbonyl (C=O) groups is 1. The van der Waals surface area contributed by atoms with E-state index in [0.717, 1.165) is 5.56 Å². The van der Waals surface area contributed by atoms with Gasteiger partial charge in [0, 0.05) is 16.8 Å². The molecule has 0 aliphatic carbocycles. The highest BCUT2D eigenvalue weighted by Gasteiger charge is 2.10. The van der Waals surface area contributed by atoms with E-state index in [-0.39, 0.29) is 5.69 Å². The Morgan fingerprint density at radius 3 is 2.78 bits per heavy atom. The Morgan fingerprint density at radius 1 is 1.33 bits per heavy atom. The van der Waals surface area contributed by atoms with Crippen LogP contribution >= 0.6 is 11.6 Å². The minimum atomic E-state index is -1.07. The third kappa shape index (κ3) is 2.43. The number of pyridine rings is 1. The number of aromatic nitrogens is 1. The highest BCUT2D eigenvalue weighted by Crippen LogP contribution is 2.32. The summed E-state index contributed by atoms with van der Waals surface area (Å²) in [6.07, 6.45) is 1.44. The van der Waals surface area contributed by atoms with E-state index in [0.29, 0.717) is 16.3 Å². The first kappa shape index (κ1) is 12.4. The van der Waals surface area contributed by atoms with Gasteiger partial charge in [0.2, 0.25) is 0 Å². The van der Waals surface area contributed by atoms with Gasteiger partial charge in [0.15, 0.2) is 0 Å². The number of hydrogen-bond acceptors (Lipinski definition) is 3. The van der Waals surface area contributed by atoms with Gasteiger partial charge < -0.3 is 9.84 Å². The molecule has 1 aromatic heterocycles. The van der Waals surface area contributed by atoms with Crippen LogP contribution in [0.1, 0.15) is 10.5 Å². The summed E-state index contributed by atoms with van der Waals surface area (Å²) in [4.78, 5) is 14.7. The second kappa shape index (κ2) is 5.06. The molecule has 0 radical (unpaired) electrons. The zero-order valence-electron chi connectivity index (χ0n) is 9.55. The molecule has 1 heterocycles. The van der Waals surface area contributed by atoms with E-state index in [1.54, 1.807) is 31.4 Å². The van der Waals surface area contributed by atoms with Gasteiger partial charge in [-0.25, -0.2) is 9.78 Å². The summed E-state index contributed by atoms with van der Waals surface area (Å²) < 4.78 is 5.23. The molecule has 92 valence electrons. The van der Waals surface area contributed by atoms with E-state index in [4.69, 9.17) is 21.4 Å². The average molecular weight is 264 g/mol. The lowest BCUT2D eigenvalue weighted by Crippen LogP contribution is -2.00. The first-order chi connectivity index (χ1) is 8.61. The van der Waals surface area contributed by atoms with Crippen LogP contribution in [0.4, 0.5) is 0 Å². The zero-order valence-corrected chi connectivity index (χ0v) is 10.3. The molecule has 0 bridgehead atoms. The average Bonchev–Trinajstić information content (AvgIpc) is 2.39. The van der Waals surface area contributed by atoms with Crippen molar-refractivity contribution in [2.45, 2.75) is 0 Å². The van der Waals surface area contributed by atoms with Crippen molar-refractivity contribution in [2.75, 3.05) is 7.11 Å². The fourth-order valence-corrected chi connectivity index (χ4v) is 1.79. The number of hydrogen-bond donors (Lipinski definition) is 1. The first-order valence-corrected chi connectivity index (χ1v) is 5.53. The largest absolute Gasteiger partial charge is 0.496 e. The van der Waals surface area contributed by atoms with Gasteiger partial charge in [0.1, 0.15) is 11.4 Å². The van der Waals surface area contributed by atoms with Crippen LogP contribution in [-0.2, 0) is 0 Å². The molecular formula is C13H10ClNO3. The lowest BCUT2D eigenvalue weighted by Gasteiger charge is -2.09. The number of rotatable bonds is 3. The first-order valence-electron chi connectivity index (χ1n) is 5.15. The standard InChI is InChI=1S/C13H10ClNO3/c1-18-12-3-2-9(14)7-10(12)8-4-5-15-11(6-8)13(16)17/h2-7H,1H3,(H,16,17). The predicted molar refractivity (Wildman–Crippen MR) is 68.2 cm³/mol. The van der Waals surface area contributed by atoms with Crippen molar-refractivity contribution in [2.24, 2.45) is 0 Å². The molecule has 1 N–H and O–H groups in total. The normalized spacial score (nSPS) is 10.1. The molecule has 2 rings (SSSR count). The summed E-state index contributed by atoms with van der Waals surface area (Å²) >= 11 is 5.94. The Bertz CT molecular complexity index is 599. The lowest BCUT2D eigenvalue weighted by atomic mass is 10.0. The van der Waals surface area contributed by atoms with Crippen molar-refractivity contribution in [1.29, 1.82) is 0 Å². The number of carboxylic acid groups (broad SMARTS) is 1. The summed E-state index contributed by atoms with van der Waals surface area (Å²) in [5.41, 5.74) is 1.41. The summed E-state index contributed by atoms with van der Waals surface area (Å²) in [5.74, 6) is -0.445. The van der Waals surface area contributed by atoms with Crippen LogP contribution in [0, 0.1) is 0 Å². The molecule has 1 aromatic carbocycles. The highest BCUT2D eigenvalue weighted by molar-refractivity contribution is 6.31. The second-order valence-electron chi connectivity index (χ2n) is 3.58. The minimum absolute atomic E-state index is 0.0190. The maximum Gasteiger partial charge on any atom is 0.354 e. The molecule has 0 amide bonds. The van der Waals surface area contributed by atoms with Crippen molar-refractivity contribution < 1.29 is 14.6 Å². The van der Waals surface area contributed by atoms with E-state index in [9.17, 15) is 4.79 Å². The van der Waals surface area contributed by atoms with Crippen LogP contribution < -0.4 is 4.74 Å². The molecule has 0 unspecified atom stereocenters. The SMILES string of the molecule is COc1ccc(Cl)cc1-c1ccnc(C(=O)O)c1. The molecule has 0 aliphatic heterocycles. The summed E-state index contributed by atoms with van der Waals surface area (Å²) in [5, 5.41) is 9.47. The third-order valence-corrected chi connectivity index (χ3v) is 2.69. The molecule has 0 saturated carbocycles. The molecule has 0 saturated heterocycles. The van der Waals surface area contributed by atoms with Crippen LogP contribution in [-0.4, -0.2) is 23.2 Å². The van der Waals surface area contributed by atoms with Crippen LogP contribution in [0.5, 0.6) is 5.75 Å². The van der Waals surface area contributed by atoms with E-state index in [1.165, 1.54) is 12.3 Å². The number of halogens is 1. The maximum absolute atomic E-state index is 10.9. The van der Waals surface area contributed by atoms with Gasteiger partial charge in [-0.15, -0.1) is 0 Å². The van der Waals surface area contributed by atoms with Gasteiger partial charge >= 0.3 is 5.97 Å². The van der Waals surface area contributed by atoms with E-state index < -0.39 is 5.97 Å². The Morgan fingerprint density at radius 2 is 2.11 bits per heavy atom. The van der Waals surface area contributed by atoms with Crippen molar-refractivity contribution in [3.63, 3.8) is 0 Å². The van der Waals surface area contributed by atoms with Gasteiger partial charge in [-0.2, -0.15) is 0 Å². The van der Waals surface area contributed by atoms with Crippen molar-refractivity contribution in [3.8, 4) is 16.9 Å². The maximum atomic E-state index is 10.9. The predicted octanol–water partition coefficient (Wildman–Crippen LogP) is 3.11. The monoisotopic (exact) mass is 263 g/mol. The van der Waals surface area contributed by atoms with Crippen LogP contribution in [0.2, 0.25) is 5.02 Å². The van der Waals surface area contributed by atoms with Gasteiger partial charge in [0.05, 0.1) is 7.11 Å². The molecule has 0 spiro atoms. The molecule has 2 aromatic rings. The Labute approximate surface area is 109 Å². The lowest BCUT2D eigenvalue weighted by molar-refractivity contribution is 0.0690. The topological polar surface area (TPSA) is 59.4 Å². The van der Waals surface area contributed by atoms with Crippen LogP contribution in [0.3, 0.4) is 0 Å². The Kier molecular flexibility index (Phi) is 3.48. The van der Waals surface area contributed by atoms with Crippen molar-refractivity contribution in [3.05, 3.63) is 47.2 Å². The highest BCUT2D eigenvalue weighted by atomic mass is 35.5. The van der Waals surface area contributed by atoms with Crippen LogP contribution in [0.25, 0.3) is 11.1 Å². The van der Waals surface area contributed by atoms with Crippen molar-refractivity contribution >= 4 is 17.6 Å². The number of carboxylic acids is 1. The number of ether oxygens (including phenoxy) is 1. The fourth-order valence-electron chi connectivity index (χ4n) is 1.62. The van der Waals surface area contributed by atoms with E-state index >= 15 is 0 Å². The second-order valence-corrected chi connectivity index (χ2v) is 4.02. The summed E-state index contributed by atoms with van der Waals surface area (Å²) in [6.45, 7) is 0. The van der Waals surface area contributed by atoms with E-state index in [1.807, 2.05) is 0 Å². The van der Waals surface area contributed by atoms with Gasteiger partial charge in [-0.05, 0) is 35.9 Å². The molecule has 4 nitrogen and oxygen atoms in total. The van der Waals surface area contributed by atoms with Gasteiger partial charge in [-0.3, -0.25) is 0 Å². The molecule has 0 aliphatic rings. The summed E-state index contributed by atoms with van der Waals surface area (Å²) in [7, 11) is 1.55. The quantitative estimate of drug-likeness (QED) is 0.924. The van der Waals surface area contributed by atoms with Crippen LogP contribution in [0.15, 0.2) is 36.5 Å². The molecule has 0 fully saturated rings. The number of nitrogens with zero attached hydrogens (tertiary/aromatic N) is 1. The Hall–Kier alpha value is -2.07. The van der Waals surface area contributed by atoms with Crippen molar-refractivity contribution in [1.82, 2.24) is 4.98 Å². The fraction of sp³-hybridized carbons (Fsp3) is 0.0769. The molecule has 5 heteroatoms. The summed E-state index contributed by atoms with van der Waals surface area (Å²) in [6, 6.07) is 8.36. The number of methoxy groups -OCH3 is 1. The molecular weight excluding hydrogens is 254 g/mol. The zero-order chi connectivity index (χ0) is 13.1. The van der Waals surface area contributed by atoms with E-state index in [2.05, 4.69) is 4.98 Å². The Balaban J connectivity index is 2.57. The minimum Gasteiger partial charge on any atom is -0.496 e. The smallest absolute Gasteiger partial charge is 0.354 e. The molecule has 18 heavy (non-hydrogen) atoms. The number of aromatic carboxylic acids is 1. The number of benzene rings is 1. The third-order valence-electron chi connectivity index (χ3n) is 2.45. The van der Waals surface area contributed by atoms with Gasteiger partial charge in [-0.1, -0.05) is 11.6 Å².